The quantitative estimate of drug-likeness (QED) is 0.752. The van der Waals surface area contributed by atoms with Crippen LogP contribution in [0.4, 0.5) is 5.69 Å². The fourth-order valence-electron chi connectivity index (χ4n) is 4.59. The molecular formula is C21H32ClN3O. The van der Waals surface area contributed by atoms with Crippen LogP contribution in [-0.2, 0) is 4.79 Å². The monoisotopic (exact) mass is 377 g/mol. The van der Waals surface area contributed by atoms with Gasteiger partial charge in [0.25, 0.3) is 0 Å². The molecule has 4 nitrogen and oxygen atoms in total. The van der Waals surface area contributed by atoms with Gasteiger partial charge >= 0.3 is 0 Å². The van der Waals surface area contributed by atoms with E-state index in [2.05, 4.69) is 29.7 Å². The average molecular weight is 378 g/mol. The maximum absolute atomic E-state index is 12.7. The van der Waals surface area contributed by atoms with Crippen LogP contribution in [0.5, 0.6) is 0 Å². The number of nitrogens with zero attached hydrogens (tertiary/aromatic N) is 3. The van der Waals surface area contributed by atoms with E-state index in [1.165, 1.54) is 5.69 Å². The first-order valence-corrected chi connectivity index (χ1v) is 10.4. The van der Waals surface area contributed by atoms with E-state index in [1.54, 1.807) is 0 Å². The lowest BCUT2D eigenvalue weighted by molar-refractivity contribution is -0.136. The molecule has 0 aliphatic carbocycles. The smallest absolute Gasteiger partial charge is 0.228 e. The molecule has 1 atom stereocenters. The van der Waals surface area contributed by atoms with Crippen molar-refractivity contribution in [3.8, 4) is 0 Å². The van der Waals surface area contributed by atoms with E-state index in [9.17, 15) is 4.79 Å². The molecule has 26 heavy (non-hydrogen) atoms. The lowest BCUT2D eigenvalue weighted by atomic mass is 9.79. The Morgan fingerprint density at radius 2 is 1.85 bits per heavy atom. The minimum absolute atomic E-state index is 0.106. The molecule has 0 saturated carbocycles. The first kappa shape index (κ1) is 19.5. The molecule has 3 rings (SSSR count). The summed E-state index contributed by atoms with van der Waals surface area (Å²) in [5.41, 5.74) is 1.11. The third-order valence-electron chi connectivity index (χ3n) is 6.63. The molecule has 1 aromatic rings. The van der Waals surface area contributed by atoms with Crippen LogP contribution in [0.15, 0.2) is 24.3 Å². The standard InChI is InChI=1S/C21H32ClN3O/c1-4-21(5-2)16-19(23(3)20(21)26)9-10-24-11-13-25(14-12-24)18-8-6-7-17(22)15-18/h6-8,15,19H,4-5,9-14,16H2,1-3H3/t19-/m0/s1. The second-order valence-corrected chi connectivity index (χ2v) is 8.30. The molecule has 2 aliphatic heterocycles. The van der Waals surface area contributed by atoms with Gasteiger partial charge in [-0.05, 0) is 43.9 Å². The van der Waals surface area contributed by atoms with Crippen molar-refractivity contribution in [1.29, 1.82) is 0 Å². The highest BCUT2D eigenvalue weighted by atomic mass is 35.5. The topological polar surface area (TPSA) is 26.8 Å². The molecule has 0 unspecified atom stereocenters. The van der Waals surface area contributed by atoms with Crippen molar-refractivity contribution in [2.45, 2.75) is 45.6 Å². The SMILES string of the molecule is CCC1(CC)C[C@H](CCN2CCN(c3cccc(Cl)c3)CC2)N(C)C1=O. The van der Waals surface area contributed by atoms with Crippen LogP contribution in [-0.4, -0.2) is 61.5 Å². The van der Waals surface area contributed by atoms with E-state index < -0.39 is 0 Å². The highest BCUT2D eigenvalue weighted by Crippen LogP contribution is 2.42. The number of benzene rings is 1. The molecule has 1 amide bonds. The molecule has 2 heterocycles. The summed E-state index contributed by atoms with van der Waals surface area (Å²) in [4.78, 5) is 19.6. The average Bonchev–Trinajstić information content (AvgIpc) is 2.92. The van der Waals surface area contributed by atoms with Crippen molar-refractivity contribution in [3.05, 3.63) is 29.3 Å². The lowest BCUT2D eigenvalue weighted by Gasteiger charge is -2.36. The Balaban J connectivity index is 1.49. The molecule has 0 radical (unpaired) electrons. The Morgan fingerprint density at radius 1 is 1.15 bits per heavy atom. The number of carbonyl (C=O) groups excluding carboxylic acids is 1. The van der Waals surface area contributed by atoms with Gasteiger partial charge in [-0.2, -0.15) is 0 Å². The van der Waals surface area contributed by atoms with E-state index >= 15 is 0 Å². The largest absolute Gasteiger partial charge is 0.369 e. The summed E-state index contributed by atoms with van der Waals surface area (Å²) in [5.74, 6) is 0.360. The van der Waals surface area contributed by atoms with Gasteiger partial charge in [-0.15, -0.1) is 0 Å². The highest BCUT2D eigenvalue weighted by Gasteiger charge is 2.47. The van der Waals surface area contributed by atoms with Crippen molar-refractivity contribution in [1.82, 2.24) is 9.80 Å². The third-order valence-corrected chi connectivity index (χ3v) is 6.86. The van der Waals surface area contributed by atoms with Crippen LogP contribution in [0.3, 0.4) is 0 Å². The highest BCUT2D eigenvalue weighted by molar-refractivity contribution is 6.30. The molecule has 0 spiro atoms. The van der Waals surface area contributed by atoms with Crippen molar-refractivity contribution in [2.75, 3.05) is 44.7 Å². The van der Waals surface area contributed by atoms with Gasteiger partial charge in [0.1, 0.15) is 0 Å². The predicted molar refractivity (Wildman–Crippen MR) is 109 cm³/mol. The number of halogens is 1. The van der Waals surface area contributed by atoms with Crippen LogP contribution in [0.1, 0.15) is 39.5 Å². The van der Waals surface area contributed by atoms with Gasteiger partial charge in [-0.1, -0.05) is 31.5 Å². The fourth-order valence-corrected chi connectivity index (χ4v) is 4.77. The predicted octanol–water partition coefficient (Wildman–Crippen LogP) is 3.89. The summed E-state index contributed by atoms with van der Waals surface area (Å²) in [5, 5.41) is 0.800. The van der Waals surface area contributed by atoms with Crippen molar-refractivity contribution in [2.24, 2.45) is 5.41 Å². The third kappa shape index (κ3) is 3.86. The zero-order chi connectivity index (χ0) is 18.7. The van der Waals surface area contributed by atoms with Gasteiger partial charge in [-0.3, -0.25) is 9.69 Å². The minimum atomic E-state index is -0.106. The molecule has 144 valence electrons. The van der Waals surface area contributed by atoms with Crippen LogP contribution in [0, 0.1) is 5.41 Å². The lowest BCUT2D eigenvalue weighted by Crippen LogP contribution is -2.47. The summed E-state index contributed by atoms with van der Waals surface area (Å²) in [6.45, 7) is 9.61. The summed E-state index contributed by atoms with van der Waals surface area (Å²) < 4.78 is 0. The molecule has 0 aromatic heterocycles. The number of anilines is 1. The van der Waals surface area contributed by atoms with Gasteiger partial charge < -0.3 is 9.80 Å². The van der Waals surface area contributed by atoms with Gasteiger partial charge in [0.15, 0.2) is 0 Å². The summed E-state index contributed by atoms with van der Waals surface area (Å²) in [6, 6.07) is 8.52. The zero-order valence-corrected chi connectivity index (χ0v) is 17.1. The van der Waals surface area contributed by atoms with Crippen molar-refractivity contribution >= 4 is 23.2 Å². The number of hydrogen-bond acceptors (Lipinski definition) is 3. The molecule has 1 aromatic carbocycles. The molecule has 2 saturated heterocycles. The Kier molecular flexibility index (Phi) is 6.13. The Morgan fingerprint density at radius 3 is 2.42 bits per heavy atom. The van der Waals surface area contributed by atoms with E-state index in [0.29, 0.717) is 11.9 Å². The van der Waals surface area contributed by atoms with Crippen LogP contribution in [0.25, 0.3) is 0 Å². The summed E-state index contributed by atoms with van der Waals surface area (Å²) in [6.07, 6.45) is 4.03. The fraction of sp³-hybridized carbons (Fsp3) is 0.667. The Labute approximate surface area is 163 Å². The second-order valence-electron chi connectivity index (χ2n) is 7.86. The minimum Gasteiger partial charge on any atom is -0.369 e. The first-order valence-electron chi connectivity index (χ1n) is 9.99. The molecule has 2 aliphatic rings. The maximum Gasteiger partial charge on any atom is 0.228 e. The zero-order valence-electron chi connectivity index (χ0n) is 16.4. The second kappa shape index (κ2) is 8.18. The molecule has 5 heteroatoms. The van der Waals surface area contributed by atoms with E-state index in [-0.39, 0.29) is 5.41 Å². The maximum atomic E-state index is 12.7. The molecular weight excluding hydrogens is 346 g/mol. The first-order chi connectivity index (χ1) is 12.5. The number of carbonyl (C=O) groups is 1. The van der Waals surface area contributed by atoms with E-state index in [1.807, 2.05) is 30.1 Å². The summed E-state index contributed by atoms with van der Waals surface area (Å²) in [7, 11) is 2.00. The van der Waals surface area contributed by atoms with E-state index in [0.717, 1.165) is 63.4 Å². The van der Waals surface area contributed by atoms with Gasteiger partial charge in [-0.25, -0.2) is 0 Å². The summed E-state index contributed by atoms with van der Waals surface area (Å²) >= 11 is 6.12. The van der Waals surface area contributed by atoms with Gasteiger partial charge in [0, 0.05) is 56.5 Å². The van der Waals surface area contributed by atoms with Crippen molar-refractivity contribution in [3.63, 3.8) is 0 Å². The number of rotatable bonds is 6. The number of hydrogen-bond donors (Lipinski definition) is 0. The Hall–Kier alpha value is -1.26. The normalized spacial score (nSPS) is 23.7. The van der Waals surface area contributed by atoms with Crippen LogP contribution < -0.4 is 4.90 Å². The van der Waals surface area contributed by atoms with Gasteiger partial charge in [0.05, 0.1) is 5.41 Å². The van der Waals surface area contributed by atoms with Gasteiger partial charge in [0.2, 0.25) is 5.91 Å². The number of amides is 1. The van der Waals surface area contributed by atoms with Crippen LogP contribution >= 0.6 is 11.6 Å². The van der Waals surface area contributed by atoms with E-state index in [4.69, 9.17) is 11.6 Å². The van der Waals surface area contributed by atoms with Crippen molar-refractivity contribution < 1.29 is 4.79 Å². The number of piperazine rings is 1. The molecule has 0 N–H and O–H groups in total. The number of likely N-dealkylation sites (tertiary alicyclic amines) is 1. The van der Waals surface area contributed by atoms with Crippen LogP contribution in [0.2, 0.25) is 5.02 Å². The molecule has 2 fully saturated rings. The Bertz CT molecular complexity index is 623. The molecule has 0 bridgehead atoms.